The topological polar surface area (TPSA) is 97.6 Å². The van der Waals surface area contributed by atoms with Crippen molar-refractivity contribution >= 4 is 29.1 Å². The maximum atomic E-state index is 13.6. The Morgan fingerprint density at radius 3 is 2.79 bits per heavy atom. The molecule has 1 aromatic carbocycles. The minimum atomic E-state index is -0.688. The first-order chi connectivity index (χ1) is 16.0. The Bertz CT molecular complexity index is 1370. The van der Waals surface area contributed by atoms with Crippen LogP contribution in [0.3, 0.4) is 0 Å². The Balaban J connectivity index is 1.61. The summed E-state index contributed by atoms with van der Waals surface area (Å²) in [5, 5.41) is 11.2. The molecule has 1 aliphatic rings. The van der Waals surface area contributed by atoms with E-state index in [0.717, 1.165) is 5.56 Å². The number of nitrogens with zero attached hydrogens (tertiary/aromatic N) is 5. The number of pyridine rings is 2. The van der Waals surface area contributed by atoms with E-state index in [1.54, 1.807) is 54.3 Å². The van der Waals surface area contributed by atoms with E-state index in [0.29, 0.717) is 39.3 Å². The smallest absolute Gasteiger partial charge is 0.255 e. The highest BCUT2D eigenvalue weighted by molar-refractivity contribution is 6.30. The van der Waals surface area contributed by atoms with E-state index in [2.05, 4.69) is 30.7 Å². The highest BCUT2D eigenvalue weighted by atomic mass is 35.5. The number of rotatable bonds is 4. The van der Waals surface area contributed by atoms with Gasteiger partial charge in [-0.15, -0.1) is 5.10 Å². The van der Waals surface area contributed by atoms with Crippen molar-refractivity contribution in [3.63, 3.8) is 0 Å². The third-order valence-electron chi connectivity index (χ3n) is 5.17. The molecule has 164 valence electrons. The van der Waals surface area contributed by atoms with Crippen LogP contribution in [-0.4, -0.2) is 30.6 Å². The van der Waals surface area contributed by atoms with Gasteiger partial charge in [0.15, 0.2) is 5.82 Å². The summed E-state index contributed by atoms with van der Waals surface area (Å²) < 4.78 is 15.2. The predicted octanol–water partition coefficient (Wildman–Crippen LogP) is 4.46. The lowest BCUT2D eigenvalue weighted by Gasteiger charge is -2.28. The van der Waals surface area contributed by atoms with Crippen molar-refractivity contribution in [3.05, 3.63) is 94.9 Å². The molecule has 1 atom stereocenters. The lowest BCUT2D eigenvalue weighted by molar-refractivity contribution is -0.113. The zero-order chi connectivity index (χ0) is 22.9. The van der Waals surface area contributed by atoms with Crippen LogP contribution in [-0.2, 0) is 4.79 Å². The fourth-order valence-electron chi connectivity index (χ4n) is 3.69. The van der Waals surface area contributed by atoms with Crippen LogP contribution in [0.15, 0.2) is 78.4 Å². The second kappa shape index (κ2) is 8.44. The van der Waals surface area contributed by atoms with E-state index in [1.165, 1.54) is 12.3 Å². The summed E-state index contributed by atoms with van der Waals surface area (Å²) >= 11 is 6.14. The molecule has 2 N–H and O–H groups in total. The molecular weight excluding hydrogens is 445 g/mol. The molecule has 5 rings (SSSR count). The highest BCUT2D eigenvalue weighted by Crippen LogP contribution is 2.36. The van der Waals surface area contributed by atoms with Crippen LogP contribution in [0.4, 0.5) is 16.0 Å². The Morgan fingerprint density at radius 2 is 2.06 bits per heavy atom. The number of fused-ring (bicyclic) bond motifs is 1. The number of carbonyl (C=O) groups excluding carboxylic acids is 1. The second-order valence-corrected chi connectivity index (χ2v) is 7.83. The minimum absolute atomic E-state index is 0.354. The van der Waals surface area contributed by atoms with Gasteiger partial charge in [0.2, 0.25) is 11.9 Å². The summed E-state index contributed by atoms with van der Waals surface area (Å²) in [6, 6.07) is 12.8. The molecule has 10 heteroatoms. The van der Waals surface area contributed by atoms with Gasteiger partial charge in [0.25, 0.3) is 5.91 Å². The molecule has 0 radical (unpaired) electrons. The predicted molar refractivity (Wildman–Crippen MR) is 122 cm³/mol. The summed E-state index contributed by atoms with van der Waals surface area (Å²) in [7, 11) is 0. The van der Waals surface area contributed by atoms with Gasteiger partial charge in [-0.25, -0.2) is 9.67 Å². The average molecular weight is 462 g/mol. The number of carbonyl (C=O) groups is 1. The molecule has 0 bridgehead atoms. The van der Waals surface area contributed by atoms with Gasteiger partial charge >= 0.3 is 0 Å². The summed E-state index contributed by atoms with van der Waals surface area (Å²) in [6.07, 6.45) is 4.56. The molecule has 1 unspecified atom stereocenters. The zero-order valence-corrected chi connectivity index (χ0v) is 18.1. The van der Waals surface area contributed by atoms with E-state index in [9.17, 15) is 9.18 Å². The third-order valence-corrected chi connectivity index (χ3v) is 5.40. The highest BCUT2D eigenvalue weighted by Gasteiger charge is 2.34. The van der Waals surface area contributed by atoms with Crippen molar-refractivity contribution in [1.82, 2.24) is 24.7 Å². The fourth-order valence-corrected chi connectivity index (χ4v) is 3.88. The molecule has 1 amide bonds. The first-order valence-electron chi connectivity index (χ1n) is 10.0. The van der Waals surface area contributed by atoms with Gasteiger partial charge in [0.05, 0.1) is 17.5 Å². The normalized spacial score (nSPS) is 15.1. The van der Waals surface area contributed by atoms with E-state index >= 15 is 0 Å². The zero-order valence-electron chi connectivity index (χ0n) is 17.3. The molecule has 0 fully saturated rings. The van der Waals surface area contributed by atoms with Gasteiger partial charge in [-0.05, 0) is 37.3 Å². The number of halogens is 2. The molecule has 4 heterocycles. The van der Waals surface area contributed by atoms with Gasteiger partial charge in [0.1, 0.15) is 6.04 Å². The molecule has 0 saturated heterocycles. The Hall–Kier alpha value is -4.11. The Morgan fingerprint density at radius 1 is 1.18 bits per heavy atom. The molecule has 1 aliphatic heterocycles. The van der Waals surface area contributed by atoms with E-state index in [4.69, 9.17) is 11.6 Å². The molecule has 4 aromatic rings. The lowest BCUT2D eigenvalue weighted by Crippen LogP contribution is -2.31. The van der Waals surface area contributed by atoms with Crippen molar-refractivity contribution in [1.29, 1.82) is 0 Å². The average Bonchev–Trinajstić information content (AvgIpc) is 3.23. The molecule has 0 spiro atoms. The Kier molecular flexibility index (Phi) is 5.31. The third kappa shape index (κ3) is 4.06. The van der Waals surface area contributed by atoms with Crippen molar-refractivity contribution in [3.8, 4) is 11.4 Å². The van der Waals surface area contributed by atoms with Gasteiger partial charge in [-0.2, -0.15) is 9.37 Å². The van der Waals surface area contributed by atoms with Crippen LogP contribution in [0, 0.1) is 5.95 Å². The van der Waals surface area contributed by atoms with Crippen molar-refractivity contribution in [2.75, 3.05) is 10.6 Å². The lowest BCUT2D eigenvalue weighted by atomic mass is 9.96. The maximum Gasteiger partial charge on any atom is 0.255 e. The quantitative estimate of drug-likeness (QED) is 0.435. The van der Waals surface area contributed by atoms with Crippen molar-refractivity contribution in [2.24, 2.45) is 0 Å². The van der Waals surface area contributed by atoms with Crippen LogP contribution in [0.25, 0.3) is 11.4 Å². The van der Waals surface area contributed by atoms with E-state index in [-0.39, 0.29) is 5.91 Å². The molecule has 33 heavy (non-hydrogen) atoms. The number of nitrogens with one attached hydrogen (secondary N) is 2. The maximum absolute atomic E-state index is 13.6. The van der Waals surface area contributed by atoms with E-state index < -0.39 is 12.0 Å². The fraction of sp³-hybridized carbons (Fsp3) is 0.0870. The number of benzene rings is 1. The number of aromatic nitrogens is 5. The SMILES string of the molecule is CC1=C(C(=O)Nc2cccnc2)C(c2ccc(F)nc2)n2nc(-c3cccc(Cl)c3)nc2N1. The van der Waals surface area contributed by atoms with Crippen molar-refractivity contribution in [2.45, 2.75) is 13.0 Å². The monoisotopic (exact) mass is 461 g/mol. The Labute approximate surface area is 193 Å². The van der Waals surface area contributed by atoms with Crippen LogP contribution < -0.4 is 10.6 Å². The van der Waals surface area contributed by atoms with Gasteiger partial charge < -0.3 is 10.6 Å². The molecular formula is C23H17ClFN7O. The molecule has 0 saturated carbocycles. The minimum Gasteiger partial charge on any atom is -0.328 e. The largest absolute Gasteiger partial charge is 0.328 e. The van der Waals surface area contributed by atoms with Crippen LogP contribution in [0.2, 0.25) is 5.02 Å². The second-order valence-electron chi connectivity index (χ2n) is 7.39. The molecule has 3 aromatic heterocycles. The van der Waals surface area contributed by atoms with Gasteiger partial charge in [0, 0.05) is 34.2 Å². The number of hydrogen-bond acceptors (Lipinski definition) is 6. The standard InChI is InChI=1S/C23H17ClFN7O/c1-13-19(22(33)29-17-6-3-9-26-12-17)20(15-7-8-18(25)27-11-15)32-23(28-13)30-21(31-32)14-4-2-5-16(24)10-14/h2-12,20H,1H3,(H,29,33)(H,28,30,31). The summed E-state index contributed by atoms with van der Waals surface area (Å²) in [5.41, 5.74) is 2.83. The first-order valence-corrected chi connectivity index (χ1v) is 10.4. The van der Waals surface area contributed by atoms with Crippen LogP contribution in [0.5, 0.6) is 0 Å². The number of amides is 1. The van der Waals surface area contributed by atoms with Crippen LogP contribution >= 0.6 is 11.6 Å². The number of anilines is 2. The summed E-state index contributed by atoms with van der Waals surface area (Å²) in [6.45, 7) is 1.78. The molecule has 8 nitrogen and oxygen atoms in total. The van der Waals surface area contributed by atoms with Gasteiger partial charge in [-0.1, -0.05) is 29.8 Å². The van der Waals surface area contributed by atoms with Crippen LogP contribution in [0.1, 0.15) is 18.5 Å². The van der Waals surface area contributed by atoms with Gasteiger partial charge in [-0.3, -0.25) is 9.78 Å². The van der Waals surface area contributed by atoms with Crippen molar-refractivity contribution < 1.29 is 9.18 Å². The van der Waals surface area contributed by atoms with E-state index in [1.807, 2.05) is 12.1 Å². The number of allylic oxidation sites excluding steroid dienone is 1. The summed E-state index contributed by atoms with van der Waals surface area (Å²) in [5.74, 6) is -0.0996. The summed E-state index contributed by atoms with van der Waals surface area (Å²) in [4.78, 5) is 25.8. The first kappa shape index (κ1) is 20.8. The molecule has 0 aliphatic carbocycles. The number of hydrogen-bond donors (Lipinski definition) is 2.